The van der Waals surface area contributed by atoms with Crippen molar-refractivity contribution >= 4 is 35.0 Å². The number of carbonyl (C=O) groups excluding carboxylic acids is 4. The summed E-state index contributed by atoms with van der Waals surface area (Å²) in [7, 11) is 0. The van der Waals surface area contributed by atoms with Crippen LogP contribution in [0.4, 0.5) is 11.4 Å². The van der Waals surface area contributed by atoms with Gasteiger partial charge in [0.1, 0.15) is 0 Å². The molecule has 0 aromatic heterocycles. The predicted octanol–water partition coefficient (Wildman–Crippen LogP) is 6.42. The summed E-state index contributed by atoms with van der Waals surface area (Å²) >= 11 is 0. The molecule has 4 aromatic carbocycles. The second kappa shape index (κ2) is 10.7. The van der Waals surface area contributed by atoms with Gasteiger partial charge in [-0.2, -0.15) is 0 Å². The van der Waals surface area contributed by atoms with E-state index in [2.05, 4.69) is 55.5 Å². The van der Waals surface area contributed by atoms with Crippen molar-refractivity contribution in [2.45, 2.75) is 19.3 Å². The Balaban J connectivity index is 1.16. The zero-order valence-corrected chi connectivity index (χ0v) is 22.4. The number of rotatable bonds is 7. The number of hydrogen-bond acceptors (Lipinski definition) is 4. The molecule has 0 fully saturated rings. The smallest absolute Gasteiger partial charge is 0.258 e. The number of carbonyl (C=O) groups is 4. The maximum atomic E-state index is 11.9. The van der Waals surface area contributed by atoms with Crippen LogP contribution in [0, 0.1) is 0 Å². The molecular formula is C35H26N2O4. The van der Waals surface area contributed by atoms with Crippen molar-refractivity contribution in [3.05, 3.63) is 132 Å². The lowest BCUT2D eigenvalue weighted by molar-refractivity contribution is -0.121. The van der Waals surface area contributed by atoms with Crippen molar-refractivity contribution in [3.8, 4) is 22.3 Å². The Kier molecular flexibility index (Phi) is 6.73. The summed E-state index contributed by atoms with van der Waals surface area (Å²) in [6.07, 6.45) is 6.08. The van der Waals surface area contributed by atoms with Gasteiger partial charge in [0.15, 0.2) is 0 Å². The normalized spacial score (nSPS) is 14.7. The van der Waals surface area contributed by atoms with Crippen LogP contribution in [-0.2, 0) is 19.2 Å². The quantitative estimate of drug-likeness (QED) is 0.255. The third-order valence-electron chi connectivity index (χ3n) is 7.57. The number of imide groups is 2. The second-order valence-corrected chi connectivity index (χ2v) is 9.99. The number of amides is 4. The minimum absolute atomic E-state index is 0.238. The molecule has 0 aliphatic carbocycles. The Labute approximate surface area is 237 Å². The third-order valence-corrected chi connectivity index (χ3v) is 7.57. The first kappa shape index (κ1) is 25.9. The molecule has 0 N–H and O–H groups in total. The maximum Gasteiger partial charge on any atom is 0.258 e. The summed E-state index contributed by atoms with van der Waals surface area (Å²) in [6.45, 7) is 2.18. The molecule has 2 aliphatic rings. The van der Waals surface area contributed by atoms with Crippen LogP contribution >= 0.6 is 0 Å². The largest absolute Gasteiger partial charge is 0.269 e. The van der Waals surface area contributed by atoms with Gasteiger partial charge >= 0.3 is 0 Å². The lowest BCUT2D eigenvalue weighted by Gasteiger charge is -2.18. The zero-order chi connectivity index (χ0) is 28.5. The second-order valence-electron chi connectivity index (χ2n) is 9.99. The number of hydrogen-bond donors (Lipinski definition) is 0. The zero-order valence-electron chi connectivity index (χ0n) is 22.4. The van der Waals surface area contributed by atoms with Crippen molar-refractivity contribution in [1.82, 2.24) is 0 Å². The molecule has 2 aliphatic heterocycles. The first-order valence-corrected chi connectivity index (χ1v) is 13.5. The van der Waals surface area contributed by atoms with Crippen LogP contribution in [0.15, 0.2) is 121 Å². The van der Waals surface area contributed by atoms with Gasteiger partial charge in [-0.25, -0.2) is 9.80 Å². The van der Waals surface area contributed by atoms with Gasteiger partial charge in [0, 0.05) is 30.2 Å². The molecule has 6 heteroatoms. The molecule has 6 nitrogen and oxygen atoms in total. The molecule has 41 heavy (non-hydrogen) atoms. The van der Waals surface area contributed by atoms with Crippen LogP contribution in [0.5, 0.6) is 0 Å². The Morgan fingerprint density at radius 1 is 0.439 bits per heavy atom. The van der Waals surface area contributed by atoms with Crippen molar-refractivity contribution in [2.75, 3.05) is 9.80 Å². The lowest BCUT2D eigenvalue weighted by atomic mass is 9.87. The summed E-state index contributed by atoms with van der Waals surface area (Å²) in [5, 5.41) is 0. The molecule has 4 aromatic rings. The highest BCUT2D eigenvalue weighted by Gasteiger charge is 2.26. The van der Waals surface area contributed by atoms with Crippen LogP contribution in [0.2, 0.25) is 0 Å². The highest BCUT2D eigenvalue weighted by atomic mass is 16.2. The fraction of sp³-hybridized carbons (Fsp3) is 0.0857. The van der Waals surface area contributed by atoms with Crippen molar-refractivity contribution in [3.63, 3.8) is 0 Å². The molecule has 0 spiro atoms. The molecule has 4 amide bonds. The predicted molar refractivity (Wildman–Crippen MR) is 159 cm³/mol. The van der Waals surface area contributed by atoms with E-state index >= 15 is 0 Å². The highest BCUT2D eigenvalue weighted by molar-refractivity contribution is 6.28. The molecule has 0 unspecified atom stereocenters. The van der Waals surface area contributed by atoms with E-state index in [1.165, 1.54) is 35.4 Å². The Hall–Kier alpha value is -5.36. The minimum atomic E-state index is -0.325. The summed E-state index contributed by atoms with van der Waals surface area (Å²) in [6, 6.07) is 31.8. The SMILES string of the molecule is CCC(c1ccc(-c2ccc(N3C(=O)C=CC3=O)cc2)cc1)c1ccc(-c2ccc(N3C(=O)C=CC3=O)cc2)cc1. The van der Waals surface area contributed by atoms with E-state index in [4.69, 9.17) is 0 Å². The summed E-state index contributed by atoms with van der Waals surface area (Å²) in [4.78, 5) is 50.1. The Morgan fingerprint density at radius 3 is 0.976 bits per heavy atom. The van der Waals surface area contributed by atoms with Gasteiger partial charge in [0.2, 0.25) is 0 Å². The van der Waals surface area contributed by atoms with E-state index in [-0.39, 0.29) is 29.5 Å². The average molecular weight is 539 g/mol. The van der Waals surface area contributed by atoms with E-state index in [9.17, 15) is 19.2 Å². The van der Waals surface area contributed by atoms with E-state index in [1.54, 1.807) is 24.3 Å². The van der Waals surface area contributed by atoms with Gasteiger partial charge in [-0.05, 0) is 64.1 Å². The van der Waals surface area contributed by atoms with Gasteiger partial charge < -0.3 is 0 Å². The Morgan fingerprint density at radius 2 is 0.707 bits per heavy atom. The number of benzene rings is 4. The van der Waals surface area contributed by atoms with Crippen molar-refractivity contribution in [2.24, 2.45) is 0 Å². The van der Waals surface area contributed by atoms with Crippen LogP contribution in [-0.4, -0.2) is 23.6 Å². The third kappa shape index (κ3) is 4.92. The van der Waals surface area contributed by atoms with E-state index in [1.807, 2.05) is 24.3 Å². The molecule has 0 saturated heterocycles. The fourth-order valence-corrected chi connectivity index (χ4v) is 5.39. The standard InChI is InChI=1S/C35H26N2O4/c1-2-31(27-7-3-23(4-8-27)25-11-15-29(16-12-25)36-32(38)19-20-33(36)39)28-9-5-24(6-10-28)26-13-17-30(18-14-26)37-34(40)21-22-35(37)41/h3-22,31H,2H2,1H3. The Bertz CT molecular complexity index is 1550. The fourth-order valence-electron chi connectivity index (χ4n) is 5.39. The average Bonchev–Trinajstić information content (AvgIpc) is 3.53. The molecule has 0 atom stereocenters. The molecule has 0 saturated carbocycles. The van der Waals surface area contributed by atoms with Gasteiger partial charge in [-0.3, -0.25) is 19.2 Å². The van der Waals surface area contributed by atoms with Crippen molar-refractivity contribution < 1.29 is 19.2 Å². The van der Waals surface area contributed by atoms with Gasteiger partial charge in [-0.1, -0.05) is 79.7 Å². The molecule has 200 valence electrons. The molecule has 0 radical (unpaired) electrons. The summed E-state index contributed by atoms with van der Waals surface area (Å²) < 4.78 is 0. The van der Waals surface area contributed by atoms with E-state index < -0.39 is 0 Å². The van der Waals surface area contributed by atoms with Crippen LogP contribution in [0.1, 0.15) is 30.4 Å². The first-order chi connectivity index (χ1) is 19.9. The van der Waals surface area contributed by atoms with Gasteiger partial charge in [0.25, 0.3) is 23.6 Å². The molecule has 6 rings (SSSR count). The molecular weight excluding hydrogens is 512 g/mol. The monoisotopic (exact) mass is 538 g/mol. The van der Waals surface area contributed by atoms with Crippen LogP contribution in [0.3, 0.4) is 0 Å². The number of anilines is 2. The van der Waals surface area contributed by atoms with E-state index in [0.717, 1.165) is 38.5 Å². The van der Waals surface area contributed by atoms with Crippen LogP contribution in [0.25, 0.3) is 22.3 Å². The first-order valence-electron chi connectivity index (χ1n) is 13.5. The highest BCUT2D eigenvalue weighted by Crippen LogP contribution is 2.33. The lowest BCUT2D eigenvalue weighted by Crippen LogP contribution is -2.29. The minimum Gasteiger partial charge on any atom is -0.269 e. The summed E-state index contributed by atoms with van der Waals surface area (Å²) in [5.41, 5.74) is 7.68. The topological polar surface area (TPSA) is 74.8 Å². The molecule has 0 bridgehead atoms. The van der Waals surface area contributed by atoms with Crippen molar-refractivity contribution in [1.29, 1.82) is 0 Å². The van der Waals surface area contributed by atoms with Crippen LogP contribution < -0.4 is 9.80 Å². The summed E-state index contributed by atoms with van der Waals surface area (Å²) in [5.74, 6) is -1.06. The maximum absolute atomic E-state index is 11.9. The van der Waals surface area contributed by atoms with Gasteiger partial charge in [-0.15, -0.1) is 0 Å². The molecule has 2 heterocycles. The van der Waals surface area contributed by atoms with E-state index in [0.29, 0.717) is 11.4 Å². The number of nitrogens with zero attached hydrogens (tertiary/aromatic N) is 2. The van der Waals surface area contributed by atoms with Gasteiger partial charge in [0.05, 0.1) is 11.4 Å².